The van der Waals surface area contributed by atoms with Crippen LogP contribution in [0.3, 0.4) is 0 Å². The van der Waals surface area contributed by atoms with Crippen molar-refractivity contribution >= 4 is 22.9 Å². The van der Waals surface area contributed by atoms with Crippen LogP contribution in [0.4, 0.5) is 0 Å². The summed E-state index contributed by atoms with van der Waals surface area (Å²) in [4.78, 5) is 0. The van der Waals surface area contributed by atoms with Gasteiger partial charge < -0.3 is 0 Å². The van der Waals surface area contributed by atoms with Gasteiger partial charge >= 0.3 is 260 Å². The monoisotopic (exact) mass is 628 g/mol. The van der Waals surface area contributed by atoms with Crippen molar-refractivity contribution < 1.29 is 20.3 Å². The summed E-state index contributed by atoms with van der Waals surface area (Å²) in [6, 6.07) is 32.2. The van der Waals surface area contributed by atoms with Gasteiger partial charge in [-0.05, 0) is 0 Å². The summed E-state index contributed by atoms with van der Waals surface area (Å²) in [5.41, 5.74) is 12.3. The van der Waals surface area contributed by atoms with Crippen molar-refractivity contribution in [1.82, 2.24) is 0 Å². The fourth-order valence-electron chi connectivity index (χ4n) is 9.55. The van der Waals surface area contributed by atoms with Crippen LogP contribution in [0.5, 0.6) is 0 Å². The van der Waals surface area contributed by atoms with Crippen LogP contribution in [-0.2, 0) is 20.3 Å². The van der Waals surface area contributed by atoms with Crippen molar-refractivity contribution in [2.24, 2.45) is 5.41 Å². The summed E-state index contributed by atoms with van der Waals surface area (Å²) in [6.45, 7) is 12.5. The van der Waals surface area contributed by atoms with Crippen LogP contribution < -0.4 is 0 Å². The van der Waals surface area contributed by atoms with E-state index in [-0.39, 0.29) is 5.41 Å². The standard InChI is InChI=1S/C34H31.C4H9.C3H6.Zr/c1-5-34(4,33-23(3)21-31-26-15-10-9-14-25(26)18-19-29(31)33)32-22(2)20-30-27(16-11-17-28(30)32)24-12-7-6-8-13-24;1-3-4-2;1-3-2;/h6-21,32-33H,4-5H2,1-3H3;1,3-4H2,2H3;3H,1H2,2H3;. The molecule has 1 fully saturated rings. The maximum atomic E-state index is 2.63. The molecule has 0 bridgehead atoms. The molecule has 5 unspecified atom stereocenters. The van der Waals surface area contributed by atoms with Crippen LogP contribution in [0.1, 0.15) is 88.0 Å². The predicted molar refractivity (Wildman–Crippen MR) is 180 cm³/mol. The summed E-state index contributed by atoms with van der Waals surface area (Å²) in [7, 11) is 0. The van der Waals surface area contributed by atoms with Crippen molar-refractivity contribution in [3.8, 4) is 11.1 Å². The summed E-state index contributed by atoms with van der Waals surface area (Å²) < 4.78 is 5.73. The van der Waals surface area contributed by atoms with E-state index in [0.29, 0.717) is 11.8 Å². The summed E-state index contributed by atoms with van der Waals surface area (Å²) >= 11 is -2.29. The van der Waals surface area contributed by atoms with E-state index in [2.05, 4.69) is 132 Å². The number of hydrogen-bond acceptors (Lipinski definition) is 0. The topological polar surface area (TPSA) is 0 Å². The Kier molecular flexibility index (Phi) is 7.34. The van der Waals surface area contributed by atoms with E-state index in [1.165, 1.54) is 56.4 Å². The molecule has 7 rings (SSSR count). The van der Waals surface area contributed by atoms with Crippen LogP contribution in [0.2, 0.25) is 16.0 Å². The Bertz CT molecular complexity index is 1710. The molecule has 4 aromatic rings. The quantitative estimate of drug-likeness (QED) is 0.173. The molecule has 0 spiro atoms. The summed E-state index contributed by atoms with van der Waals surface area (Å²) in [5.74, 6) is 0.944. The number of fused-ring (bicyclic) bond motifs is 4. The Balaban J connectivity index is 1.44. The Morgan fingerprint density at radius 2 is 1.40 bits per heavy atom. The maximum absolute atomic E-state index is 2.63. The first-order valence-electron chi connectivity index (χ1n) is 16.5. The molecule has 0 saturated carbocycles. The zero-order valence-corrected chi connectivity index (χ0v) is 28.7. The molecular formula is C41H46Zr. The molecule has 1 heteroatoms. The van der Waals surface area contributed by atoms with E-state index < -0.39 is 20.3 Å². The zero-order chi connectivity index (χ0) is 29.1. The molecule has 4 aromatic carbocycles. The van der Waals surface area contributed by atoms with E-state index in [1.54, 1.807) is 30.5 Å². The van der Waals surface area contributed by atoms with Crippen LogP contribution in [-0.4, -0.2) is 0 Å². The molecule has 1 saturated heterocycles. The van der Waals surface area contributed by atoms with Gasteiger partial charge in [-0.2, -0.15) is 0 Å². The molecule has 2 aliphatic carbocycles. The second-order valence-electron chi connectivity index (χ2n) is 13.9. The van der Waals surface area contributed by atoms with Crippen LogP contribution in [0.15, 0.2) is 96.1 Å². The first-order valence-corrected chi connectivity index (χ1v) is 23.1. The van der Waals surface area contributed by atoms with Crippen LogP contribution in [0.25, 0.3) is 34.1 Å². The molecule has 1 aliphatic heterocycles. The van der Waals surface area contributed by atoms with E-state index in [4.69, 9.17) is 0 Å². The SMILES string of the molecule is CCC[CH2][Zr]1([CH2]C(CC)(C2C(C)=Cc3c(-c4ccccc4)cccc32)C2C(C)=Cc3c2ccc2ccccc32)[CH2][CH]1C. The first-order chi connectivity index (χ1) is 20.4. The number of hydrogen-bond donors (Lipinski definition) is 0. The molecule has 5 atom stereocenters. The fourth-order valence-corrected chi connectivity index (χ4v) is 27.3. The van der Waals surface area contributed by atoms with Crippen molar-refractivity contribution in [3.05, 3.63) is 118 Å². The molecular weight excluding hydrogens is 584 g/mol. The second kappa shape index (κ2) is 10.9. The normalized spacial score (nSPS) is 25.5. The van der Waals surface area contributed by atoms with Crippen molar-refractivity contribution in [1.29, 1.82) is 0 Å². The first kappa shape index (κ1) is 28.3. The van der Waals surface area contributed by atoms with Gasteiger partial charge in [-0.15, -0.1) is 0 Å². The molecule has 0 nitrogen and oxygen atoms in total. The third-order valence-corrected chi connectivity index (χ3v) is 26.1. The molecule has 1 heterocycles. The number of allylic oxidation sites excluding steroid dienone is 2. The number of unbranched alkanes of at least 4 members (excludes halogenated alkanes) is 1. The third-order valence-electron chi connectivity index (χ3n) is 11.6. The van der Waals surface area contributed by atoms with E-state index >= 15 is 0 Å². The fraction of sp³-hybridized carbons (Fsp3) is 0.366. The molecule has 0 amide bonds. The predicted octanol–water partition coefficient (Wildman–Crippen LogP) is 12.6. The van der Waals surface area contributed by atoms with Gasteiger partial charge in [-0.25, -0.2) is 0 Å². The van der Waals surface area contributed by atoms with Crippen LogP contribution in [0, 0.1) is 5.41 Å². The zero-order valence-electron chi connectivity index (χ0n) is 26.2. The molecule has 0 aromatic heterocycles. The molecule has 0 N–H and O–H groups in total. The van der Waals surface area contributed by atoms with Gasteiger partial charge in [0, 0.05) is 0 Å². The number of benzene rings is 4. The molecule has 214 valence electrons. The van der Waals surface area contributed by atoms with Crippen LogP contribution >= 0.6 is 0 Å². The van der Waals surface area contributed by atoms with E-state index in [1.807, 2.05) is 0 Å². The molecule has 3 aliphatic rings. The van der Waals surface area contributed by atoms with Gasteiger partial charge in [-0.3, -0.25) is 0 Å². The minimum atomic E-state index is -2.29. The van der Waals surface area contributed by atoms with Gasteiger partial charge in [-0.1, -0.05) is 0 Å². The van der Waals surface area contributed by atoms with E-state index in [9.17, 15) is 0 Å². The van der Waals surface area contributed by atoms with Crippen molar-refractivity contribution in [2.45, 2.75) is 81.7 Å². The Morgan fingerprint density at radius 3 is 2.10 bits per heavy atom. The Morgan fingerprint density at radius 1 is 0.738 bits per heavy atom. The van der Waals surface area contributed by atoms with Gasteiger partial charge in [0.25, 0.3) is 0 Å². The van der Waals surface area contributed by atoms with Crippen molar-refractivity contribution in [2.75, 3.05) is 0 Å². The van der Waals surface area contributed by atoms with Gasteiger partial charge in [0.1, 0.15) is 0 Å². The summed E-state index contributed by atoms with van der Waals surface area (Å²) in [5, 5.41) is 2.79. The van der Waals surface area contributed by atoms with E-state index in [0.717, 1.165) is 3.63 Å². The number of rotatable bonds is 9. The third kappa shape index (κ3) is 4.41. The Hall–Kier alpha value is -2.50. The minimum absolute atomic E-state index is 0.212. The molecule has 0 radical (unpaired) electrons. The van der Waals surface area contributed by atoms with Gasteiger partial charge in [0.15, 0.2) is 0 Å². The average molecular weight is 630 g/mol. The average Bonchev–Trinajstić information content (AvgIpc) is 3.31. The summed E-state index contributed by atoms with van der Waals surface area (Å²) in [6.07, 6.45) is 9.17. The van der Waals surface area contributed by atoms with Gasteiger partial charge in [0.2, 0.25) is 0 Å². The Labute approximate surface area is 258 Å². The molecule has 42 heavy (non-hydrogen) atoms. The van der Waals surface area contributed by atoms with Crippen molar-refractivity contribution in [3.63, 3.8) is 0 Å². The second-order valence-corrected chi connectivity index (χ2v) is 26.2. The van der Waals surface area contributed by atoms with Gasteiger partial charge in [0.05, 0.1) is 0 Å².